The number of nitrogens with zero attached hydrogens (tertiary/aromatic N) is 1. The summed E-state index contributed by atoms with van der Waals surface area (Å²) in [5, 5.41) is 0.736. The molecule has 2 N–H and O–H groups in total. The molecule has 1 heterocycles. The lowest BCUT2D eigenvalue weighted by atomic mass is 10.1. The van der Waals surface area contributed by atoms with Crippen molar-refractivity contribution in [3.8, 4) is 0 Å². The van der Waals surface area contributed by atoms with E-state index in [1.54, 1.807) is 0 Å². The molecule has 0 bridgehead atoms. The molecule has 1 aromatic rings. The molecule has 0 aromatic heterocycles. The number of benzene rings is 1. The highest BCUT2D eigenvalue weighted by Gasteiger charge is 2.21. The Morgan fingerprint density at radius 1 is 1.56 bits per heavy atom. The van der Waals surface area contributed by atoms with Gasteiger partial charge < -0.3 is 15.4 Å². The predicted molar refractivity (Wildman–Crippen MR) is 67.0 cm³/mol. The lowest BCUT2D eigenvalue weighted by molar-refractivity contribution is 0.193. The maximum absolute atomic E-state index is 5.96. The summed E-state index contributed by atoms with van der Waals surface area (Å²) < 4.78 is 5.40. The second kappa shape index (κ2) is 5.04. The van der Waals surface area contributed by atoms with E-state index in [2.05, 4.69) is 11.9 Å². The molecule has 0 saturated carbocycles. The molecule has 1 unspecified atom stereocenters. The van der Waals surface area contributed by atoms with E-state index in [0.29, 0.717) is 12.6 Å². The third-order valence-corrected chi connectivity index (χ3v) is 3.33. The quantitative estimate of drug-likeness (QED) is 0.879. The zero-order valence-electron chi connectivity index (χ0n) is 9.45. The van der Waals surface area contributed by atoms with Crippen molar-refractivity contribution in [3.63, 3.8) is 0 Å². The molecule has 0 amide bonds. The first kappa shape index (κ1) is 11.7. The molecule has 1 aliphatic rings. The Labute approximate surface area is 101 Å². The van der Waals surface area contributed by atoms with Gasteiger partial charge in [-0.3, -0.25) is 0 Å². The van der Waals surface area contributed by atoms with E-state index in [0.717, 1.165) is 35.9 Å². The molecule has 3 nitrogen and oxygen atoms in total. The Morgan fingerprint density at radius 2 is 2.38 bits per heavy atom. The van der Waals surface area contributed by atoms with Crippen LogP contribution >= 0.6 is 11.6 Å². The number of rotatable bonds is 3. The lowest BCUT2D eigenvalue weighted by Gasteiger charge is -2.27. The fourth-order valence-corrected chi connectivity index (χ4v) is 2.28. The number of halogens is 1. The van der Waals surface area contributed by atoms with Crippen LogP contribution in [-0.2, 0) is 11.3 Å². The Morgan fingerprint density at radius 3 is 3.00 bits per heavy atom. The van der Waals surface area contributed by atoms with Crippen LogP contribution in [0.25, 0.3) is 0 Å². The van der Waals surface area contributed by atoms with Gasteiger partial charge in [0.1, 0.15) is 0 Å². The Kier molecular flexibility index (Phi) is 3.69. The maximum atomic E-state index is 5.96. The van der Waals surface area contributed by atoms with Crippen LogP contribution < -0.4 is 10.6 Å². The summed E-state index contributed by atoms with van der Waals surface area (Å²) in [6.45, 7) is 2.15. The van der Waals surface area contributed by atoms with Gasteiger partial charge in [-0.2, -0.15) is 0 Å². The monoisotopic (exact) mass is 240 g/mol. The molecule has 1 aromatic carbocycles. The average molecular weight is 241 g/mol. The van der Waals surface area contributed by atoms with Crippen LogP contribution in [0.15, 0.2) is 18.2 Å². The summed E-state index contributed by atoms with van der Waals surface area (Å²) in [4.78, 5) is 2.24. The molecule has 1 aliphatic heterocycles. The van der Waals surface area contributed by atoms with Crippen LogP contribution in [-0.4, -0.2) is 26.3 Å². The summed E-state index contributed by atoms with van der Waals surface area (Å²) in [5.74, 6) is 0. The number of hydrogen-bond acceptors (Lipinski definition) is 3. The summed E-state index contributed by atoms with van der Waals surface area (Å²) in [6.07, 6.45) is 1.07. The van der Waals surface area contributed by atoms with Gasteiger partial charge in [0, 0.05) is 30.9 Å². The lowest BCUT2D eigenvalue weighted by Crippen LogP contribution is -2.32. The smallest absolute Gasteiger partial charge is 0.0670 e. The highest BCUT2D eigenvalue weighted by molar-refractivity contribution is 6.30. The molecule has 1 fully saturated rings. The maximum Gasteiger partial charge on any atom is 0.0670 e. The van der Waals surface area contributed by atoms with Crippen molar-refractivity contribution in [2.75, 3.05) is 25.2 Å². The minimum Gasteiger partial charge on any atom is -0.379 e. The second-order valence-corrected chi connectivity index (χ2v) is 4.54. The van der Waals surface area contributed by atoms with Gasteiger partial charge in [-0.15, -0.1) is 0 Å². The number of hydrogen-bond donors (Lipinski definition) is 1. The highest BCUT2D eigenvalue weighted by Crippen LogP contribution is 2.26. The summed E-state index contributed by atoms with van der Waals surface area (Å²) >= 11 is 5.96. The first-order valence-electron chi connectivity index (χ1n) is 5.51. The van der Waals surface area contributed by atoms with Crippen molar-refractivity contribution >= 4 is 17.3 Å². The van der Waals surface area contributed by atoms with Crippen molar-refractivity contribution in [3.05, 3.63) is 28.8 Å². The van der Waals surface area contributed by atoms with Crippen LogP contribution in [0.2, 0.25) is 5.02 Å². The molecule has 16 heavy (non-hydrogen) atoms. The zero-order valence-corrected chi connectivity index (χ0v) is 10.2. The zero-order chi connectivity index (χ0) is 11.5. The first-order valence-corrected chi connectivity index (χ1v) is 5.89. The van der Waals surface area contributed by atoms with Crippen molar-refractivity contribution in [2.45, 2.75) is 19.0 Å². The molecular weight excluding hydrogens is 224 g/mol. The normalized spacial score (nSPS) is 20.1. The van der Waals surface area contributed by atoms with E-state index in [-0.39, 0.29) is 0 Å². The predicted octanol–water partition coefficient (Wildman–Crippen LogP) is 2.02. The molecule has 88 valence electrons. The molecule has 2 rings (SSSR count). The van der Waals surface area contributed by atoms with Crippen molar-refractivity contribution < 1.29 is 4.74 Å². The van der Waals surface area contributed by atoms with Crippen molar-refractivity contribution in [1.82, 2.24) is 0 Å². The van der Waals surface area contributed by atoms with Gasteiger partial charge in [-0.05, 0) is 30.2 Å². The van der Waals surface area contributed by atoms with Gasteiger partial charge >= 0.3 is 0 Å². The van der Waals surface area contributed by atoms with Crippen LogP contribution in [0.3, 0.4) is 0 Å². The van der Waals surface area contributed by atoms with Gasteiger partial charge in [0.15, 0.2) is 0 Å². The molecule has 1 saturated heterocycles. The highest BCUT2D eigenvalue weighted by atomic mass is 35.5. The van der Waals surface area contributed by atoms with Gasteiger partial charge in [-0.25, -0.2) is 0 Å². The van der Waals surface area contributed by atoms with E-state index in [9.17, 15) is 0 Å². The van der Waals surface area contributed by atoms with Crippen LogP contribution in [0.1, 0.15) is 12.0 Å². The number of ether oxygens (including phenoxy) is 1. The average Bonchev–Trinajstić information content (AvgIpc) is 2.81. The summed E-state index contributed by atoms with van der Waals surface area (Å²) in [7, 11) is 2.09. The van der Waals surface area contributed by atoms with Gasteiger partial charge in [-0.1, -0.05) is 11.6 Å². The largest absolute Gasteiger partial charge is 0.379 e. The second-order valence-electron chi connectivity index (χ2n) is 4.11. The molecule has 0 radical (unpaired) electrons. The standard InChI is InChI=1S/C12H17ClN2O/c1-15(11-4-5-16-8-11)12-3-2-10(13)6-9(12)7-14/h2-3,6,11H,4-5,7-8,14H2,1H3. The first-order chi connectivity index (χ1) is 7.72. The fourth-order valence-electron chi connectivity index (χ4n) is 2.09. The summed E-state index contributed by atoms with van der Waals surface area (Å²) in [6, 6.07) is 6.32. The van der Waals surface area contributed by atoms with Gasteiger partial charge in [0.05, 0.1) is 12.6 Å². The molecule has 1 atom stereocenters. The summed E-state index contributed by atoms with van der Waals surface area (Å²) in [5.41, 5.74) is 7.98. The van der Waals surface area contributed by atoms with E-state index >= 15 is 0 Å². The minimum absolute atomic E-state index is 0.450. The van der Waals surface area contributed by atoms with Crippen LogP contribution in [0, 0.1) is 0 Å². The van der Waals surface area contributed by atoms with Crippen LogP contribution in [0.5, 0.6) is 0 Å². The Bertz CT molecular complexity index is 364. The van der Waals surface area contributed by atoms with Crippen molar-refractivity contribution in [1.29, 1.82) is 0 Å². The Balaban J connectivity index is 2.24. The van der Waals surface area contributed by atoms with Crippen molar-refractivity contribution in [2.24, 2.45) is 5.73 Å². The van der Waals surface area contributed by atoms with Gasteiger partial charge in [0.25, 0.3) is 0 Å². The third-order valence-electron chi connectivity index (χ3n) is 3.09. The SMILES string of the molecule is CN(c1ccc(Cl)cc1CN)C1CCOC1. The number of anilines is 1. The van der Waals surface area contributed by atoms with Crippen LogP contribution in [0.4, 0.5) is 5.69 Å². The third kappa shape index (κ3) is 2.32. The van der Waals surface area contributed by atoms with E-state index in [4.69, 9.17) is 22.1 Å². The number of nitrogens with two attached hydrogens (primary N) is 1. The molecular formula is C12H17ClN2O. The topological polar surface area (TPSA) is 38.5 Å². The molecule has 4 heteroatoms. The fraction of sp³-hybridized carbons (Fsp3) is 0.500. The van der Waals surface area contributed by atoms with Gasteiger partial charge in [0.2, 0.25) is 0 Å². The molecule has 0 aliphatic carbocycles. The van der Waals surface area contributed by atoms with E-state index < -0.39 is 0 Å². The minimum atomic E-state index is 0.450. The molecule has 0 spiro atoms. The van der Waals surface area contributed by atoms with E-state index in [1.165, 1.54) is 0 Å². The van der Waals surface area contributed by atoms with E-state index in [1.807, 2.05) is 18.2 Å². The Hall–Kier alpha value is -0.770. The number of likely N-dealkylation sites (N-methyl/N-ethyl adjacent to an activating group) is 1.